The van der Waals surface area contributed by atoms with Crippen LogP contribution in [0.3, 0.4) is 0 Å². The predicted octanol–water partition coefficient (Wildman–Crippen LogP) is 3.16. The van der Waals surface area contributed by atoms with Gasteiger partial charge < -0.3 is 11.1 Å². The van der Waals surface area contributed by atoms with Crippen LogP contribution in [0.1, 0.15) is 15.9 Å². The first-order valence-corrected chi connectivity index (χ1v) is 6.26. The highest BCUT2D eigenvalue weighted by atomic mass is 79.9. The van der Waals surface area contributed by atoms with Gasteiger partial charge in [0.25, 0.3) is 5.91 Å². The quantitative estimate of drug-likeness (QED) is 0.835. The minimum Gasteiger partial charge on any atom is -0.399 e. The van der Waals surface area contributed by atoms with E-state index < -0.39 is 0 Å². The summed E-state index contributed by atoms with van der Waals surface area (Å²) in [6.45, 7) is 0. The van der Waals surface area contributed by atoms with Crippen molar-refractivity contribution >= 4 is 33.2 Å². The third kappa shape index (κ3) is 3.12. The summed E-state index contributed by atoms with van der Waals surface area (Å²) in [6.07, 6.45) is 0. The van der Waals surface area contributed by atoms with Gasteiger partial charge in [-0.15, -0.1) is 0 Å². The average molecular weight is 316 g/mol. The molecule has 1 amide bonds. The molecule has 0 spiro atoms. The van der Waals surface area contributed by atoms with Crippen molar-refractivity contribution in [1.29, 1.82) is 5.26 Å². The highest BCUT2D eigenvalue weighted by molar-refractivity contribution is 9.10. The molecular weight excluding hydrogens is 306 g/mol. The van der Waals surface area contributed by atoms with Gasteiger partial charge in [-0.25, -0.2) is 0 Å². The largest absolute Gasteiger partial charge is 0.399 e. The molecule has 0 aliphatic rings. The minimum atomic E-state index is -0.283. The van der Waals surface area contributed by atoms with Crippen molar-refractivity contribution in [2.45, 2.75) is 0 Å². The second kappa shape index (κ2) is 5.55. The number of hydrogen-bond donors (Lipinski definition) is 2. The number of nitrogens with two attached hydrogens (primary N) is 1. The third-order valence-corrected chi connectivity index (χ3v) is 3.18. The highest BCUT2D eigenvalue weighted by Gasteiger charge is 2.10. The Hall–Kier alpha value is -2.32. The van der Waals surface area contributed by atoms with E-state index in [2.05, 4.69) is 21.2 Å². The number of nitrogen functional groups attached to an aromatic ring is 1. The second-order valence-electron chi connectivity index (χ2n) is 3.89. The lowest BCUT2D eigenvalue weighted by Crippen LogP contribution is -2.13. The first-order chi connectivity index (χ1) is 9.10. The highest BCUT2D eigenvalue weighted by Crippen LogP contribution is 2.21. The first kappa shape index (κ1) is 13.1. The average Bonchev–Trinajstić information content (AvgIpc) is 2.41. The lowest BCUT2D eigenvalue weighted by molar-refractivity contribution is 0.102. The normalized spacial score (nSPS) is 9.68. The van der Waals surface area contributed by atoms with E-state index >= 15 is 0 Å². The number of anilines is 2. The van der Waals surface area contributed by atoms with Crippen LogP contribution in [0.15, 0.2) is 46.9 Å². The third-order valence-electron chi connectivity index (χ3n) is 2.48. The summed E-state index contributed by atoms with van der Waals surface area (Å²) >= 11 is 3.30. The van der Waals surface area contributed by atoms with Crippen LogP contribution < -0.4 is 11.1 Å². The predicted molar refractivity (Wildman–Crippen MR) is 77.7 cm³/mol. The molecule has 0 aromatic heterocycles. The van der Waals surface area contributed by atoms with Crippen LogP contribution in [0.4, 0.5) is 11.4 Å². The molecule has 0 atom stereocenters. The molecule has 0 fully saturated rings. The fourth-order valence-corrected chi connectivity index (χ4v) is 2.01. The van der Waals surface area contributed by atoms with Gasteiger partial charge in [0, 0.05) is 15.8 Å². The zero-order chi connectivity index (χ0) is 13.8. The topological polar surface area (TPSA) is 78.9 Å². The molecule has 0 bridgehead atoms. The lowest BCUT2D eigenvalue weighted by atomic mass is 10.1. The van der Waals surface area contributed by atoms with Gasteiger partial charge in [0.1, 0.15) is 0 Å². The van der Waals surface area contributed by atoms with E-state index in [1.54, 1.807) is 42.5 Å². The molecule has 19 heavy (non-hydrogen) atoms. The van der Waals surface area contributed by atoms with Crippen molar-refractivity contribution in [3.63, 3.8) is 0 Å². The van der Waals surface area contributed by atoms with Crippen molar-refractivity contribution in [3.05, 3.63) is 58.1 Å². The zero-order valence-electron chi connectivity index (χ0n) is 9.85. The molecule has 0 saturated heterocycles. The number of halogens is 1. The smallest absolute Gasteiger partial charge is 0.256 e. The molecule has 0 aliphatic carbocycles. The van der Waals surface area contributed by atoms with Gasteiger partial charge in [-0.1, -0.05) is 6.07 Å². The molecule has 0 unspecified atom stereocenters. The van der Waals surface area contributed by atoms with Gasteiger partial charge in [-0.05, 0) is 52.3 Å². The van der Waals surface area contributed by atoms with Crippen molar-refractivity contribution in [2.75, 3.05) is 11.1 Å². The van der Waals surface area contributed by atoms with Crippen molar-refractivity contribution in [3.8, 4) is 6.07 Å². The number of benzene rings is 2. The van der Waals surface area contributed by atoms with Crippen molar-refractivity contribution in [2.24, 2.45) is 0 Å². The van der Waals surface area contributed by atoms with E-state index in [4.69, 9.17) is 11.0 Å². The van der Waals surface area contributed by atoms with Crippen LogP contribution in [0.2, 0.25) is 0 Å². The van der Waals surface area contributed by atoms with Gasteiger partial charge >= 0.3 is 0 Å². The van der Waals surface area contributed by atoms with Crippen LogP contribution in [0, 0.1) is 11.3 Å². The Labute approximate surface area is 119 Å². The number of hydrogen-bond acceptors (Lipinski definition) is 3. The van der Waals surface area contributed by atoms with Crippen molar-refractivity contribution in [1.82, 2.24) is 0 Å². The molecule has 0 aliphatic heterocycles. The van der Waals surface area contributed by atoms with Crippen LogP contribution in [-0.2, 0) is 0 Å². The van der Waals surface area contributed by atoms with E-state index in [-0.39, 0.29) is 5.91 Å². The van der Waals surface area contributed by atoms with Gasteiger partial charge in [0.2, 0.25) is 0 Å². The molecule has 4 nitrogen and oxygen atoms in total. The Bertz CT molecular complexity index is 677. The number of nitriles is 1. The molecular formula is C14H10BrN3O. The summed E-state index contributed by atoms with van der Waals surface area (Å²) in [4.78, 5) is 12.1. The maximum absolute atomic E-state index is 12.1. The van der Waals surface area contributed by atoms with Gasteiger partial charge in [-0.2, -0.15) is 5.26 Å². The fraction of sp³-hybridized carbons (Fsp3) is 0. The van der Waals surface area contributed by atoms with Crippen LogP contribution >= 0.6 is 15.9 Å². The van der Waals surface area contributed by atoms with E-state index in [0.717, 1.165) is 0 Å². The minimum absolute atomic E-state index is 0.283. The Morgan fingerprint density at radius 1 is 1.26 bits per heavy atom. The van der Waals surface area contributed by atoms with Crippen LogP contribution in [0.5, 0.6) is 0 Å². The molecule has 2 aromatic rings. The number of carbonyl (C=O) groups is 1. The monoisotopic (exact) mass is 315 g/mol. The number of carbonyl (C=O) groups excluding carboxylic acids is 1. The molecule has 0 heterocycles. The molecule has 3 N–H and O–H groups in total. The summed E-state index contributed by atoms with van der Waals surface area (Å²) in [5, 5.41) is 11.5. The summed E-state index contributed by atoms with van der Waals surface area (Å²) in [6, 6.07) is 13.7. The SMILES string of the molecule is N#Cc1cccc(NC(=O)c2cc(N)ccc2Br)c1. The molecule has 0 saturated carbocycles. The maximum atomic E-state index is 12.1. The van der Waals surface area contributed by atoms with Gasteiger partial charge in [0.15, 0.2) is 0 Å². The zero-order valence-corrected chi connectivity index (χ0v) is 11.4. The summed E-state index contributed by atoms with van der Waals surface area (Å²) in [7, 11) is 0. The number of amides is 1. The number of nitrogens with one attached hydrogen (secondary N) is 1. The standard InChI is InChI=1S/C14H10BrN3O/c15-13-5-4-10(17)7-12(13)14(19)18-11-3-1-2-9(6-11)8-16/h1-7H,17H2,(H,18,19). The van der Waals surface area contributed by atoms with E-state index in [0.29, 0.717) is 27.0 Å². The van der Waals surface area contributed by atoms with E-state index in [1.165, 1.54) is 0 Å². The lowest BCUT2D eigenvalue weighted by Gasteiger charge is -2.07. The molecule has 2 rings (SSSR count). The second-order valence-corrected chi connectivity index (χ2v) is 4.74. The van der Waals surface area contributed by atoms with Gasteiger partial charge in [-0.3, -0.25) is 4.79 Å². The number of nitrogens with zero attached hydrogens (tertiary/aromatic N) is 1. The van der Waals surface area contributed by atoms with E-state index in [9.17, 15) is 4.79 Å². The Morgan fingerprint density at radius 2 is 2.05 bits per heavy atom. The summed E-state index contributed by atoms with van der Waals surface area (Å²) in [5.41, 5.74) is 7.68. The first-order valence-electron chi connectivity index (χ1n) is 5.46. The summed E-state index contributed by atoms with van der Waals surface area (Å²) < 4.78 is 0.663. The van der Waals surface area contributed by atoms with Crippen LogP contribution in [-0.4, -0.2) is 5.91 Å². The molecule has 94 valence electrons. The Kier molecular flexibility index (Phi) is 3.83. The number of rotatable bonds is 2. The van der Waals surface area contributed by atoms with Crippen molar-refractivity contribution < 1.29 is 4.79 Å². The Morgan fingerprint density at radius 3 is 2.79 bits per heavy atom. The van der Waals surface area contributed by atoms with E-state index in [1.807, 2.05) is 6.07 Å². The van der Waals surface area contributed by atoms with Gasteiger partial charge in [0.05, 0.1) is 17.2 Å². The molecule has 5 heteroatoms. The summed E-state index contributed by atoms with van der Waals surface area (Å²) in [5.74, 6) is -0.283. The molecule has 2 aromatic carbocycles. The maximum Gasteiger partial charge on any atom is 0.256 e. The Balaban J connectivity index is 2.26. The van der Waals surface area contributed by atoms with Crippen LogP contribution in [0.25, 0.3) is 0 Å². The fourth-order valence-electron chi connectivity index (χ4n) is 1.58. The molecule has 0 radical (unpaired) electrons.